The van der Waals surface area contributed by atoms with Crippen molar-refractivity contribution in [2.45, 2.75) is 125 Å². The molecule has 5 amide bonds. The van der Waals surface area contributed by atoms with Crippen molar-refractivity contribution < 1.29 is 66.8 Å². The number of anilines is 15. The first-order valence-corrected chi connectivity index (χ1v) is 45.2. The maximum Gasteiger partial charge on any atom is 0.250 e. The van der Waals surface area contributed by atoms with Gasteiger partial charge in [-0.3, -0.25) is 48.1 Å². The Morgan fingerprint density at radius 3 is 1.04 bits per heavy atom. The molecular formula is C96H101N29O14. The predicted octanol–water partition coefficient (Wildman–Crippen LogP) is 14.9. The summed E-state index contributed by atoms with van der Waals surface area (Å²) in [5, 5.41) is 50.1. The minimum Gasteiger partial charge on any atom is -0.495 e. The van der Waals surface area contributed by atoms with Crippen molar-refractivity contribution in [3.05, 3.63) is 159 Å². The Morgan fingerprint density at radius 1 is 0.360 bits per heavy atom. The van der Waals surface area contributed by atoms with E-state index < -0.39 is 5.41 Å². The fourth-order valence-electron chi connectivity index (χ4n) is 14.4. The van der Waals surface area contributed by atoms with Crippen molar-refractivity contribution in [2.75, 3.05) is 88.7 Å². The lowest BCUT2D eigenvalue weighted by atomic mass is 9.96. The van der Waals surface area contributed by atoms with Gasteiger partial charge >= 0.3 is 0 Å². The summed E-state index contributed by atoms with van der Waals surface area (Å²) < 4.78 is 33.0. The Hall–Kier alpha value is -16.9. The number of methoxy groups -OCH3 is 5. The van der Waals surface area contributed by atoms with Crippen LogP contribution in [0.1, 0.15) is 149 Å². The van der Waals surface area contributed by atoms with Gasteiger partial charge in [0, 0.05) is 142 Å². The molecule has 0 saturated heterocycles. The number of ether oxygens (including phenoxy) is 5. The molecule has 43 nitrogen and oxygen atoms in total. The Bertz CT molecular complexity index is 6860. The SMILES string of the molecule is COc1cc2c(cc1Nc1cc(NC(=O)C(C)(C)C)ncn1)C=NC2.COc1cc2c(cnn2C(=O)C(C)C)cc1Nc1cc(NC(=O)C2CC2)ncn1.COc1cc2c(cnn2C(=O)C2CC2)cc1Nc1cc(NC(=O)C2CC2)ncn1.COc1cc2c(cnn2C(C)=O)cc1Nc1cc(NC(=O)C2CC2)ncn1.COc1cc2nn(C(=O)C3CC3)cc2cc1Nc1cc(NC(=O)C2CC2)ncn1. The molecule has 10 heterocycles. The van der Waals surface area contributed by atoms with Crippen LogP contribution in [0.15, 0.2) is 152 Å². The second-order valence-corrected chi connectivity index (χ2v) is 35.5. The quantitative estimate of drug-likeness (QED) is 0.0229. The number of fused-ring (bicyclic) bond motifs is 5. The van der Waals surface area contributed by atoms with Crippen molar-refractivity contribution >= 4 is 190 Å². The summed E-state index contributed by atoms with van der Waals surface area (Å²) in [4.78, 5) is 154. The molecule has 21 rings (SSSR count). The molecule has 0 spiro atoms. The van der Waals surface area contributed by atoms with Crippen LogP contribution in [-0.2, 0) is 30.5 Å². The third-order valence-corrected chi connectivity index (χ3v) is 23.1. The lowest BCUT2D eigenvalue weighted by Gasteiger charge is -2.17. The summed E-state index contributed by atoms with van der Waals surface area (Å²) in [5.41, 5.74) is 7.86. The first-order valence-electron chi connectivity index (χ1n) is 45.2. The summed E-state index contributed by atoms with van der Waals surface area (Å²) in [5.74, 6) is 7.74. The van der Waals surface area contributed by atoms with Gasteiger partial charge in [-0.05, 0) is 125 Å². The van der Waals surface area contributed by atoms with Crippen LogP contribution >= 0.6 is 0 Å². The topological polar surface area (TPSA) is 533 Å². The molecule has 139 heavy (non-hydrogen) atoms. The molecule has 6 fully saturated rings. The number of nitrogens with one attached hydrogen (secondary N) is 10. The van der Waals surface area contributed by atoms with Gasteiger partial charge in [0.15, 0.2) is 0 Å². The molecular weight excluding hydrogens is 1780 g/mol. The van der Waals surface area contributed by atoms with E-state index in [1.54, 1.807) is 115 Å². The van der Waals surface area contributed by atoms with Crippen LogP contribution in [0.2, 0.25) is 0 Å². The van der Waals surface area contributed by atoms with E-state index in [0.29, 0.717) is 138 Å². The Kier molecular flexibility index (Phi) is 27.5. The van der Waals surface area contributed by atoms with E-state index in [4.69, 9.17) is 23.7 Å². The Balaban J connectivity index is 0.000000120. The van der Waals surface area contributed by atoms with Gasteiger partial charge in [0.05, 0.1) is 111 Å². The van der Waals surface area contributed by atoms with E-state index in [-0.39, 0.29) is 94.6 Å². The Morgan fingerprint density at radius 2 is 0.676 bits per heavy atom. The van der Waals surface area contributed by atoms with E-state index in [9.17, 15) is 43.2 Å². The third kappa shape index (κ3) is 23.2. The zero-order chi connectivity index (χ0) is 97.5. The second kappa shape index (κ2) is 40.7. The zero-order valence-electron chi connectivity index (χ0n) is 77.9. The van der Waals surface area contributed by atoms with Crippen LogP contribution in [0, 0.1) is 46.8 Å². The molecule has 5 aromatic carbocycles. The second-order valence-electron chi connectivity index (χ2n) is 35.5. The number of hydrogen-bond acceptors (Lipinski definition) is 34. The van der Waals surface area contributed by atoms with Crippen LogP contribution in [0.3, 0.4) is 0 Å². The average Bonchev–Trinajstić information content (AvgIpc) is 1.58. The van der Waals surface area contributed by atoms with Crippen molar-refractivity contribution in [1.29, 1.82) is 0 Å². The average molecular weight is 1890 g/mol. The fourth-order valence-corrected chi connectivity index (χ4v) is 14.4. The van der Waals surface area contributed by atoms with E-state index >= 15 is 0 Å². The van der Waals surface area contributed by atoms with E-state index in [2.05, 4.69) is 128 Å². The third-order valence-electron chi connectivity index (χ3n) is 23.1. The van der Waals surface area contributed by atoms with Gasteiger partial charge in [0.25, 0.3) is 5.91 Å². The number of carbonyl (C=O) groups excluding carboxylic acids is 9. The normalized spacial score (nSPS) is 14.3. The number of aromatic nitrogens is 18. The van der Waals surface area contributed by atoms with Crippen molar-refractivity contribution in [3.8, 4) is 28.7 Å². The number of amides is 5. The summed E-state index contributed by atoms with van der Waals surface area (Å²) in [6.07, 6.45) is 26.6. The monoisotopic (exact) mass is 1880 g/mol. The molecule has 14 aromatic rings. The van der Waals surface area contributed by atoms with Gasteiger partial charge in [-0.25, -0.2) is 59.2 Å². The molecule has 1 aliphatic heterocycles. The first kappa shape index (κ1) is 93.9. The molecule has 0 bridgehead atoms. The number of benzene rings is 5. The zero-order valence-corrected chi connectivity index (χ0v) is 77.9. The summed E-state index contributed by atoms with van der Waals surface area (Å²) in [6, 6.07) is 26.8. The highest BCUT2D eigenvalue weighted by molar-refractivity contribution is 6.01. The lowest BCUT2D eigenvalue weighted by Crippen LogP contribution is -2.28. The first-order chi connectivity index (χ1) is 67.1. The van der Waals surface area contributed by atoms with Crippen molar-refractivity contribution in [1.82, 2.24) is 89.0 Å². The molecule has 6 aliphatic carbocycles. The van der Waals surface area contributed by atoms with Gasteiger partial charge < -0.3 is 76.9 Å². The van der Waals surface area contributed by atoms with E-state index in [1.165, 1.54) is 57.3 Å². The van der Waals surface area contributed by atoms with Crippen LogP contribution in [-0.4, -0.2) is 184 Å². The van der Waals surface area contributed by atoms with Crippen LogP contribution in [0.25, 0.3) is 43.6 Å². The minimum absolute atomic E-state index is 0.0126. The van der Waals surface area contributed by atoms with Gasteiger partial charge in [0.2, 0.25) is 47.3 Å². The molecule has 0 unspecified atom stereocenters. The van der Waals surface area contributed by atoms with Crippen LogP contribution in [0.4, 0.5) is 86.6 Å². The van der Waals surface area contributed by atoms with Crippen molar-refractivity contribution in [3.63, 3.8) is 0 Å². The van der Waals surface area contributed by atoms with Gasteiger partial charge in [-0.15, -0.1) is 0 Å². The summed E-state index contributed by atoms with van der Waals surface area (Å²) in [6.45, 7) is 11.3. The highest BCUT2D eigenvalue weighted by atomic mass is 16.5. The van der Waals surface area contributed by atoms with Crippen molar-refractivity contribution in [2.24, 2.45) is 51.8 Å². The van der Waals surface area contributed by atoms with Crippen LogP contribution < -0.4 is 76.9 Å². The van der Waals surface area contributed by atoms with E-state index in [0.717, 1.165) is 115 Å². The molecule has 9 aromatic heterocycles. The highest BCUT2D eigenvalue weighted by Crippen LogP contribution is 2.42. The van der Waals surface area contributed by atoms with Crippen LogP contribution in [0.5, 0.6) is 28.7 Å². The maximum absolute atomic E-state index is 12.4. The highest BCUT2D eigenvalue weighted by Gasteiger charge is 2.37. The smallest absolute Gasteiger partial charge is 0.250 e. The number of rotatable bonds is 27. The minimum atomic E-state index is -0.499. The molecule has 0 atom stereocenters. The summed E-state index contributed by atoms with van der Waals surface area (Å²) >= 11 is 0. The molecule has 7 aliphatic rings. The molecule has 10 N–H and O–H groups in total. The fraction of sp³-hybridized carbons (Fsp3) is 0.333. The van der Waals surface area contributed by atoms with Gasteiger partial charge in [-0.1, -0.05) is 34.6 Å². The number of nitrogens with zero attached hydrogens (tertiary/aromatic N) is 19. The standard InChI is InChI=1S/2C20H20N6O3.C20H22N6O3.C18H18N6O3.C18H21N5O2/c1-29-16-7-14-13(9-26(25-14)20(28)12-4-5-12)6-15(16)23-17-8-18(22-10-21-17)24-19(27)11-2-3-11;1-29-16-7-15-13(9-23-26(15)20(28)12-4-5-12)6-14(16)24-17-8-18(22-10-21-17)25-19(27)11-2-3-11;1-11(2)20(28)26-15-7-16(29-3)14(6-13(15)9-23-26)24-17-8-18(22-10-21-17)25-19(27)12-4-5-12;1-10(25)24-14-6-15(27-2)13(5-12(14)8-21-24)22-16-7-17(20-9-19-16)23-18(26)11-3-4-11;1-18(2,3)17(24)23-16-7-15(20-10-21-16)22-13-5-11-8-19-9-12(11)6-14(13)25-4/h6-12H,2-5H2,1H3,(H2,21,22,23,24,27);6-12H,2-5H2,1H3,(H2,21,22,24,25,27);6-12H,4-5H2,1-3H3,(H2,21,22,24,25,27);5-9,11H,3-4H2,1-2H3,(H2,19,20,22,23,26);5-8,10H,9H2,1-4H3,(H2,20,21,22,23,24). The molecule has 0 radical (unpaired) electrons. The number of hydrogen-bond donors (Lipinski definition) is 10. The molecule has 714 valence electrons. The number of carbonyl (C=O) groups is 9. The maximum atomic E-state index is 12.4. The number of aliphatic imine (C=N–C) groups is 1. The molecule has 6 saturated carbocycles. The van der Waals surface area contributed by atoms with E-state index in [1.807, 2.05) is 77.2 Å². The largest absolute Gasteiger partial charge is 0.495 e. The Labute approximate surface area is 794 Å². The summed E-state index contributed by atoms with van der Waals surface area (Å²) in [7, 11) is 7.86. The van der Waals surface area contributed by atoms with Gasteiger partial charge in [-0.2, -0.15) is 29.8 Å². The lowest BCUT2D eigenvalue weighted by molar-refractivity contribution is -0.123. The predicted molar refractivity (Wildman–Crippen MR) is 518 cm³/mol. The van der Waals surface area contributed by atoms with Gasteiger partial charge in [0.1, 0.15) is 119 Å². The molecule has 43 heteroatoms.